The molecule has 5 heteroatoms. The predicted octanol–water partition coefficient (Wildman–Crippen LogP) is 1.31. The minimum atomic E-state index is 0.441. The molecule has 0 saturated carbocycles. The van der Waals surface area contributed by atoms with Crippen LogP contribution in [0.5, 0.6) is 0 Å². The number of hydrogen-bond acceptors (Lipinski definition) is 4. The first-order valence-electron chi connectivity index (χ1n) is 6.91. The fourth-order valence-electron chi connectivity index (χ4n) is 3.16. The summed E-state index contributed by atoms with van der Waals surface area (Å²) < 4.78 is 0. The number of aromatic nitrogens is 1. The molecule has 2 aliphatic heterocycles. The zero-order chi connectivity index (χ0) is 13.4. The van der Waals surface area contributed by atoms with Crippen LogP contribution in [0.25, 0.3) is 0 Å². The molecule has 2 N–H and O–H groups in total. The van der Waals surface area contributed by atoms with E-state index in [1.165, 1.54) is 19.4 Å². The Morgan fingerprint density at radius 1 is 1.37 bits per heavy atom. The minimum Gasteiger partial charge on any atom is -0.389 e. The molecule has 102 valence electrons. The summed E-state index contributed by atoms with van der Waals surface area (Å²) in [6.07, 6.45) is 2.62. The van der Waals surface area contributed by atoms with Crippen molar-refractivity contribution in [2.75, 3.05) is 31.1 Å². The summed E-state index contributed by atoms with van der Waals surface area (Å²) in [7, 11) is 0. The van der Waals surface area contributed by atoms with Crippen LogP contribution in [0.2, 0.25) is 0 Å². The van der Waals surface area contributed by atoms with Gasteiger partial charge in [-0.2, -0.15) is 0 Å². The van der Waals surface area contributed by atoms with Crippen molar-refractivity contribution in [2.45, 2.75) is 25.8 Å². The third-order valence-electron chi connectivity index (χ3n) is 4.17. The molecule has 3 heterocycles. The Bertz CT molecular complexity index is 502. The van der Waals surface area contributed by atoms with Crippen LogP contribution >= 0.6 is 12.2 Å². The molecule has 19 heavy (non-hydrogen) atoms. The van der Waals surface area contributed by atoms with Gasteiger partial charge in [0.2, 0.25) is 0 Å². The smallest absolute Gasteiger partial charge is 0.139 e. The van der Waals surface area contributed by atoms with Crippen molar-refractivity contribution in [1.82, 2.24) is 9.88 Å². The van der Waals surface area contributed by atoms with Crippen LogP contribution in [-0.4, -0.2) is 47.1 Å². The minimum absolute atomic E-state index is 0.441. The van der Waals surface area contributed by atoms with Crippen molar-refractivity contribution in [3.63, 3.8) is 0 Å². The lowest BCUT2D eigenvalue weighted by Gasteiger charge is -2.38. The van der Waals surface area contributed by atoms with Gasteiger partial charge < -0.3 is 10.6 Å². The summed E-state index contributed by atoms with van der Waals surface area (Å²) >= 11 is 5.16. The third kappa shape index (κ3) is 2.44. The number of pyridine rings is 1. The molecule has 1 atom stereocenters. The van der Waals surface area contributed by atoms with E-state index in [2.05, 4.69) is 14.8 Å². The van der Waals surface area contributed by atoms with E-state index in [-0.39, 0.29) is 0 Å². The number of piperazine rings is 1. The molecule has 0 spiro atoms. The highest BCUT2D eigenvalue weighted by atomic mass is 32.1. The molecular weight excluding hydrogens is 256 g/mol. The standard InChI is InChI=1S/C14H20N4S/c1-10-4-5-12(13(15)19)14(16-10)18-8-7-17-6-2-3-11(17)9-18/h4-5,11H,2-3,6-9H2,1H3,(H2,15,19). The number of rotatable bonds is 2. The van der Waals surface area contributed by atoms with Crippen LogP contribution in [0.1, 0.15) is 24.1 Å². The lowest BCUT2D eigenvalue weighted by molar-refractivity contribution is 0.230. The summed E-state index contributed by atoms with van der Waals surface area (Å²) in [5, 5.41) is 0. The molecule has 0 amide bonds. The Kier molecular flexibility index (Phi) is 3.41. The van der Waals surface area contributed by atoms with Crippen LogP contribution in [0, 0.1) is 6.92 Å². The number of aryl methyl sites for hydroxylation is 1. The normalized spacial score (nSPS) is 23.4. The molecule has 2 fully saturated rings. The number of nitrogens with two attached hydrogens (primary N) is 1. The molecule has 0 aromatic carbocycles. The quantitative estimate of drug-likeness (QED) is 0.825. The number of anilines is 1. The molecule has 4 nitrogen and oxygen atoms in total. The summed E-state index contributed by atoms with van der Waals surface area (Å²) in [5.41, 5.74) is 7.76. The highest BCUT2D eigenvalue weighted by molar-refractivity contribution is 7.80. The average molecular weight is 276 g/mol. The van der Waals surface area contributed by atoms with E-state index in [4.69, 9.17) is 18.0 Å². The van der Waals surface area contributed by atoms with Gasteiger partial charge in [0.25, 0.3) is 0 Å². The highest BCUT2D eigenvalue weighted by Crippen LogP contribution is 2.26. The SMILES string of the molecule is Cc1ccc(C(N)=S)c(N2CCN3CCCC3C2)n1. The lowest BCUT2D eigenvalue weighted by Crippen LogP contribution is -2.50. The van der Waals surface area contributed by atoms with Crippen molar-refractivity contribution in [1.29, 1.82) is 0 Å². The second-order valence-corrected chi connectivity index (χ2v) is 5.91. The second-order valence-electron chi connectivity index (χ2n) is 5.47. The van der Waals surface area contributed by atoms with E-state index >= 15 is 0 Å². The van der Waals surface area contributed by atoms with Gasteiger partial charge >= 0.3 is 0 Å². The molecule has 0 aliphatic carbocycles. The first-order valence-corrected chi connectivity index (χ1v) is 7.32. The molecule has 0 bridgehead atoms. The molecule has 1 aromatic rings. The summed E-state index contributed by atoms with van der Waals surface area (Å²) in [6, 6.07) is 4.65. The molecule has 3 rings (SSSR count). The Labute approximate surface area is 119 Å². The van der Waals surface area contributed by atoms with E-state index in [0.717, 1.165) is 36.7 Å². The monoisotopic (exact) mass is 276 g/mol. The Hall–Kier alpha value is -1.20. The van der Waals surface area contributed by atoms with E-state index < -0.39 is 0 Å². The number of nitrogens with zero attached hydrogens (tertiary/aromatic N) is 3. The van der Waals surface area contributed by atoms with Crippen LogP contribution in [0.3, 0.4) is 0 Å². The average Bonchev–Trinajstić information content (AvgIpc) is 2.85. The van der Waals surface area contributed by atoms with Crippen molar-refractivity contribution in [2.24, 2.45) is 5.73 Å². The maximum absolute atomic E-state index is 5.83. The van der Waals surface area contributed by atoms with E-state index in [0.29, 0.717) is 11.0 Å². The van der Waals surface area contributed by atoms with Crippen molar-refractivity contribution in [3.8, 4) is 0 Å². The fraction of sp³-hybridized carbons (Fsp3) is 0.571. The molecule has 2 saturated heterocycles. The Morgan fingerprint density at radius 2 is 2.21 bits per heavy atom. The first-order chi connectivity index (χ1) is 9.15. The highest BCUT2D eigenvalue weighted by Gasteiger charge is 2.31. The van der Waals surface area contributed by atoms with Gasteiger partial charge in [-0.05, 0) is 38.4 Å². The van der Waals surface area contributed by atoms with Gasteiger partial charge in [-0.15, -0.1) is 0 Å². The van der Waals surface area contributed by atoms with Crippen molar-refractivity contribution < 1.29 is 0 Å². The van der Waals surface area contributed by atoms with Gasteiger partial charge in [-0.1, -0.05) is 12.2 Å². The maximum atomic E-state index is 5.83. The van der Waals surface area contributed by atoms with Crippen LogP contribution in [0.15, 0.2) is 12.1 Å². The molecule has 2 aliphatic rings. The Morgan fingerprint density at radius 3 is 3.00 bits per heavy atom. The summed E-state index contributed by atoms with van der Waals surface area (Å²) in [5.74, 6) is 0.971. The molecule has 0 radical (unpaired) electrons. The zero-order valence-corrected chi connectivity index (χ0v) is 12.1. The summed E-state index contributed by atoms with van der Waals surface area (Å²) in [6.45, 7) is 6.45. The van der Waals surface area contributed by atoms with E-state index in [9.17, 15) is 0 Å². The van der Waals surface area contributed by atoms with Gasteiger partial charge in [0.05, 0.1) is 5.56 Å². The van der Waals surface area contributed by atoms with Crippen LogP contribution < -0.4 is 10.6 Å². The second kappa shape index (κ2) is 5.06. The largest absolute Gasteiger partial charge is 0.389 e. The van der Waals surface area contributed by atoms with Gasteiger partial charge in [-0.3, -0.25) is 4.90 Å². The molecule has 1 unspecified atom stereocenters. The van der Waals surface area contributed by atoms with E-state index in [1.807, 2.05) is 19.1 Å². The van der Waals surface area contributed by atoms with Gasteiger partial charge in [0, 0.05) is 31.4 Å². The predicted molar refractivity (Wildman–Crippen MR) is 81.7 cm³/mol. The first kappa shape index (κ1) is 12.8. The molecular formula is C14H20N4S. The lowest BCUT2D eigenvalue weighted by atomic mass is 10.1. The topological polar surface area (TPSA) is 45.4 Å². The third-order valence-corrected chi connectivity index (χ3v) is 4.39. The van der Waals surface area contributed by atoms with Crippen molar-refractivity contribution in [3.05, 3.63) is 23.4 Å². The summed E-state index contributed by atoms with van der Waals surface area (Å²) in [4.78, 5) is 10.1. The molecule has 1 aromatic heterocycles. The van der Waals surface area contributed by atoms with E-state index in [1.54, 1.807) is 0 Å². The van der Waals surface area contributed by atoms with Gasteiger partial charge in [0.15, 0.2) is 0 Å². The van der Waals surface area contributed by atoms with Crippen molar-refractivity contribution >= 4 is 23.0 Å². The maximum Gasteiger partial charge on any atom is 0.139 e. The fourth-order valence-corrected chi connectivity index (χ4v) is 3.32. The zero-order valence-electron chi connectivity index (χ0n) is 11.3. The number of thiocarbonyl (C=S) groups is 1. The Balaban J connectivity index is 1.89. The van der Waals surface area contributed by atoms with Crippen LogP contribution in [-0.2, 0) is 0 Å². The van der Waals surface area contributed by atoms with Gasteiger partial charge in [0.1, 0.15) is 10.8 Å². The van der Waals surface area contributed by atoms with Gasteiger partial charge in [-0.25, -0.2) is 4.98 Å². The number of hydrogen-bond donors (Lipinski definition) is 1. The number of fused-ring (bicyclic) bond motifs is 1. The van der Waals surface area contributed by atoms with Crippen LogP contribution in [0.4, 0.5) is 5.82 Å².